The molecular weight excluding hydrogens is 326 g/mol. The van der Waals surface area contributed by atoms with E-state index in [9.17, 15) is 0 Å². The van der Waals surface area contributed by atoms with Gasteiger partial charge in [0.15, 0.2) is 5.11 Å². The van der Waals surface area contributed by atoms with Crippen LogP contribution in [0.25, 0.3) is 0 Å². The number of anilines is 2. The van der Waals surface area contributed by atoms with Crippen molar-refractivity contribution in [2.45, 2.75) is 0 Å². The third-order valence-corrected chi connectivity index (χ3v) is 2.97. The number of aromatic nitrogens is 1. The number of pyridine rings is 1. The Kier molecular flexibility index (Phi) is 4.70. The molecule has 0 bridgehead atoms. The van der Waals surface area contributed by atoms with Gasteiger partial charge in [-0.1, -0.05) is 6.07 Å². The van der Waals surface area contributed by atoms with Gasteiger partial charge in [-0.05, 0) is 52.4 Å². The van der Waals surface area contributed by atoms with Gasteiger partial charge >= 0.3 is 0 Å². The van der Waals surface area contributed by atoms with Gasteiger partial charge in [0.2, 0.25) is 0 Å². The Labute approximate surface area is 125 Å². The summed E-state index contributed by atoms with van der Waals surface area (Å²) in [6, 6.07) is 11.3. The van der Waals surface area contributed by atoms with Gasteiger partial charge in [0, 0.05) is 22.4 Å². The first-order valence-electron chi connectivity index (χ1n) is 5.51. The fourth-order valence-electron chi connectivity index (χ4n) is 1.43. The molecule has 0 fully saturated rings. The molecule has 2 rings (SSSR count). The first kappa shape index (κ1) is 13.8. The standard InChI is InChI=1S/C13H12BrN3OS/c1-18-11-4-2-3-10(7-11)16-13(19)17-12-6-5-9(14)8-15-12/h2-8H,1H3,(H2,15,16,17,19). The number of ether oxygens (including phenoxy) is 1. The molecule has 0 saturated heterocycles. The Bertz CT molecular complexity index is 574. The van der Waals surface area contributed by atoms with Gasteiger partial charge in [0.1, 0.15) is 11.6 Å². The van der Waals surface area contributed by atoms with Gasteiger partial charge in [0.05, 0.1) is 7.11 Å². The molecule has 2 N–H and O–H groups in total. The highest BCUT2D eigenvalue weighted by Gasteiger charge is 2.01. The highest BCUT2D eigenvalue weighted by molar-refractivity contribution is 9.10. The van der Waals surface area contributed by atoms with Crippen LogP contribution in [0.1, 0.15) is 0 Å². The number of methoxy groups -OCH3 is 1. The Hall–Kier alpha value is -1.66. The van der Waals surface area contributed by atoms with Gasteiger partial charge < -0.3 is 15.4 Å². The number of nitrogens with one attached hydrogen (secondary N) is 2. The fourth-order valence-corrected chi connectivity index (χ4v) is 1.89. The minimum Gasteiger partial charge on any atom is -0.497 e. The summed E-state index contributed by atoms with van der Waals surface area (Å²) in [6.45, 7) is 0. The highest BCUT2D eigenvalue weighted by Crippen LogP contribution is 2.17. The van der Waals surface area contributed by atoms with E-state index in [2.05, 4.69) is 31.5 Å². The van der Waals surface area contributed by atoms with Crippen molar-refractivity contribution in [3.8, 4) is 5.75 Å². The lowest BCUT2D eigenvalue weighted by molar-refractivity contribution is 0.415. The molecule has 0 amide bonds. The fraction of sp³-hybridized carbons (Fsp3) is 0.0769. The van der Waals surface area contributed by atoms with E-state index in [4.69, 9.17) is 17.0 Å². The van der Waals surface area contributed by atoms with Gasteiger partial charge in [-0.2, -0.15) is 0 Å². The zero-order valence-electron chi connectivity index (χ0n) is 10.2. The Balaban J connectivity index is 1.99. The van der Waals surface area contributed by atoms with E-state index in [-0.39, 0.29) is 0 Å². The van der Waals surface area contributed by atoms with Crippen LogP contribution in [0, 0.1) is 0 Å². The molecule has 1 aromatic carbocycles. The zero-order chi connectivity index (χ0) is 13.7. The van der Waals surface area contributed by atoms with Crippen molar-refractivity contribution in [1.29, 1.82) is 0 Å². The third kappa shape index (κ3) is 4.18. The molecule has 98 valence electrons. The van der Waals surface area contributed by atoms with Crippen LogP contribution in [0.3, 0.4) is 0 Å². The molecular formula is C13H12BrN3OS. The number of hydrogen-bond donors (Lipinski definition) is 2. The van der Waals surface area contributed by atoms with E-state index < -0.39 is 0 Å². The van der Waals surface area contributed by atoms with Crippen LogP contribution >= 0.6 is 28.1 Å². The molecule has 0 aliphatic rings. The second kappa shape index (κ2) is 6.49. The number of halogens is 1. The molecule has 19 heavy (non-hydrogen) atoms. The maximum Gasteiger partial charge on any atom is 0.176 e. The quantitative estimate of drug-likeness (QED) is 0.837. The molecule has 6 heteroatoms. The van der Waals surface area contributed by atoms with Crippen LogP contribution in [-0.2, 0) is 0 Å². The van der Waals surface area contributed by atoms with E-state index in [1.165, 1.54) is 0 Å². The molecule has 0 saturated carbocycles. The van der Waals surface area contributed by atoms with Gasteiger partial charge in [0.25, 0.3) is 0 Å². The third-order valence-electron chi connectivity index (χ3n) is 2.30. The van der Waals surface area contributed by atoms with Crippen molar-refractivity contribution < 1.29 is 4.74 Å². The summed E-state index contributed by atoms with van der Waals surface area (Å²) in [5.74, 6) is 1.46. The number of thiocarbonyl (C=S) groups is 1. The summed E-state index contributed by atoms with van der Waals surface area (Å²) in [6.07, 6.45) is 1.70. The second-order valence-corrected chi connectivity index (χ2v) is 5.00. The molecule has 0 unspecified atom stereocenters. The largest absolute Gasteiger partial charge is 0.497 e. The average Bonchev–Trinajstić information content (AvgIpc) is 2.41. The van der Waals surface area contributed by atoms with E-state index in [1.807, 2.05) is 36.4 Å². The second-order valence-electron chi connectivity index (χ2n) is 3.67. The van der Waals surface area contributed by atoms with E-state index in [0.717, 1.165) is 15.9 Å². The monoisotopic (exact) mass is 337 g/mol. The van der Waals surface area contributed by atoms with Crippen molar-refractivity contribution in [2.75, 3.05) is 17.7 Å². The molecule has 0 aliphatic carbocycles. The summed E-state index contributed by atoms with van der Waals surface area (Å²) in [4.78, 5) is 4.18. The maximum atomic E-state index is 5.22. The minimum atomic E-state index is 0.475. The summed E-state index contributed by atoms with van der Waals surface area (Å²) < 4.78 is 6.07. The topological polar surface area (TPSA) is 46.2 Å². The SMILES string of the molecule is COc1cccc(NC(=S)Nc2ccc(Br)cn2)c1. The van der Waals surface area contributed by atoms with Crippen LogP contribution in [-0.4, -0.2) is 17.2 Å². The lowest BCUT2D eigenvalue weighted by Crippen LogP contribution is -2.19. The predicted octanol–water partition coefficient (Wildman–Crippen LogP) is 3.66. The van der Waals surface area contributed by atoms with Crippen LogP contribution in [0.4, 0.5) is 11.5 Å². The predicted molar refractivity (Wildman–Crippen MR) is 84.8 cm³/mol. The van der Waals surface area contributed by atoms with Gasteiger partial charge in [-0.25, -0.2) is 4.98 Å². The number of nitrogens with zero attached hydrogens (tertiary/aromatic N) is 1. The molecule has 0 aliphatic heterocycles. The number of benzene rings is 1. The summed E-state index contributed by atoms with van der Waals surface area (Å²) >= 11 is 8.54. The summed E-state index contributed by atoms with van der Waals surface area (Å²) in [5, 5.41) is 6.55. The summed E-state index contributed by atoms with van der Waals surface area (Å²) in [5.41, 5.74) is 0.856. The normalized spacial score (nSPS) is 9.79. The molecule has 0 spiro atoms. The van der Waals surface area contributed by atoms with Crippen molar-refractivity contribution in [2.24, 2.45) is 0 Å². The Morgan fingerprint density at radius 2 is 2.11 bits per heavy atom. The molecule has 2 aromatic rings. The van der Waals surface area contributed by atoms with Gasteiger partial charge in [-0.3, -0.25) is 0 Å². The first-order chi connectivity index (χ1) is 9.17. The van der Waals surface area contributed by atoms with Crippen LogP contribution in [0.5, 0.6) is 5.75 Å². The Morgan fingerprint density at radius 1 is 1.26 bits per heavy atom. The zero-order valence-corrected chi connectivity index (χ0v) is 12.6. The van der Waals surface area contributed by atoms with Crippen molar-refractivity contribution in [1.82, 2.24) is 4.98 Å². The molecule has 0 atom stereocenters. The Morgan fingerprint density at radius 3 is 2.79 bits per heavy atom. The van der Waals surface area contributed by atoms with Crippen molar-refractivity contribution in [3.05, 3.63) is 47.1 Å². The van der Waals surface area contributed by atoms with Crippen LogP contribution in [0.2, 0.25) is 0 Å². The summed E-state index contributed by atoms with van der Waals surface area (Å²) in [7, 11) is 1.63. The number of hydrogen-bond acceptors (Lipinski definition) is 3. The van der Waals surface area contributed by atoms with Gasteiger partial charge in [-0.15, -0.1) is 0 Å². The smallest absolute Gasteiger partial charge is 0.176 e. The lowest BCUT2D eigenvalue weighted by atomic mass is 10.3. The minimum absolute atomic E-state index is 0.475. The average molecular weight is 338 g/mol. The van der Waals surface area contributed by atoms with Crippen molar-refractivity contribution >= 4 is 44.8 Å². The first-order valence-corrected chi connectivity index (χ1v) is 6.71. The highest BCUT2D eigenvalue weighted by atomic mass is 79.9. The molecule has 1 aromatic heterocycles. The molecule has 4 nitrogen and oxygen atoms in total. The van der Waals surface area contributed by atoms with E-state index in [1.54, 1.807) is 13.3 Å². The number of rotatable bonds is 3. The van der Waals surface area contributed by atoms with E-state index in [0.29, 0.717) is 10.9 Å². The maximum absolute atomic E-state index is 5.22. The van der Waals surface area contributed by atoms with Crippen LogP contribution in [0.15, 0.2) is 47.1 Å². The molecule has 1 heterocycles. The molecule has 0 radical (unpaired) electrons. The van der Waals surface area contributed by atoms with E-state index >= 15 is 0 Å². The van der Waals surface area contributed by atoms with Crippen molar-refractivity contribution in [3.63, 3.8) is 0 Å². The lowest BCUT2D eigenvalue weighted by Gasteiger charge is -2.10. The van der Waals surface area contributed by atoms with Crippen LogP contribution < -0.4 is 15.4 Å².